The van der Waals surface area contributed by atoms with Crippen molar-refractivity contribution >= 4 is 17.5 Å². The summed E-state index contributed by atoms with van der Waals surface area (Å²) in [6, 6.07) is 5.65. The summed E-state index contributed by atoms with van der Waals surface area (Å²) in [5.41, 5.74) is 3.02. The Bertz CT molecular complexity index is 854. The minimum atomic E-state index is -0.603. The van der Waals surface area contributed by atoms with Crippen LogP contribution in [0.5, 0.6) is 11.5 Å². The molecular weight excluding hydrogens is 346 g/mol. The highest BCUT2D eigenvalue weighted by atomic mass is 16.6. The molecule has 6 nitrogen and oxygen atoms in total. The second kappa shape index (κ2) is 7.18. The predicted octanol–water partition coefficient (Wildman–Crippen LogP) is 3.20. The molecule has 0 spiro atoms. The third-order valence-corrected chi connectivity index (χ3v) is 5.30. The molecule has 1 aromatic carbocycles. The summed E-state index contributed by atoms with van der Waals surface area (Å²) in [5.74, 6) is 0.0497. The van der Waals surface area contributed by atoms with Gasteiger partial charge in [0.1, 0.15) is 19.1 Å². The van der Waals surface area contributed by atoms with Crippen LogP contribution in [-0.4, -0.2) is 37.3 Å². The van der Waals surface area contributed by atoms with Crippen molar-refractivity contribution in [2.24, 2.45) is 10.9 Å². The molecule has 0 bridgehead atoms. The van der Waals surface area contributed by atoms with Gasteiger partial charge < -0.3 is 14.2 Å². The van der Waals surface area contributed by atoms with Crippen LogP contribution >= 0.6 is 0 Å². The topological polar surface area (TPSA) is 74.2 Å². The highest BCUT2D eigenvalue weighted by Crippen LogP contribution is 2.45. The first-order valence-electron chi connectivity index (χ1n) is 9.47. The summed E-state index contributed by atoms with van der Waals surface area (Å²) in [6.45, 7) is 4.91. The summed E-state index contributed by atoms with van der Waals surface area (Å²) in [6.07, 6.45) is 2.05. The Balaban J connectivity index is 1.84. The molecule has 1 aromatic rings. The van der Waals surface area contributed by atoms with Crippen LogP contribution in [-0.2, 0) is 14.3 Å². The molecule has 6 heteroatoms. The number of Topliss-reactive ketones (excluding diaryl/α,β-unsaturated/α-hetero) is 1. The molecule has 0 saturated heterocycles. The van der Waals surface area contributed by atoms with Crippen LogP contribution in [0, 0.1) is 5.92 Å². The number of carbonyl (C=O) groups is 2. The van der Waals surface area contributed by atoms with Gasteiger partial charge in [-0.2, -0.15) is 0 Å². The van der Waals surface area contributed by atoms with Gasteiger partial charge in [0.25, 0.3) is 0 Å². The molecule has 2 aliphatic heterocycles. The molecule has 27 heavy (non-hydrogen) atoms. The molecule has 0 aromatic heterocycles. The van der Waals surface area contributed by atoms with Crippen molar-refractivity contribution in [3.05, 3.63) is 35.0 Å². The first kappa shape index (κ1) is 17.8. The zero-order chi connectivity index (χ0) is 19.0. The molecule has 0 saturated carbocycles. The van der Waals surface area contributed by atoms with Gasteiger partial charge in [-0.25, -0.2) is 0 Å². The van der Waals surface area contributed by atoms with Crippen LogP contribution in [0.4, 0.5) is 0 Å². The van der Waals surface area contributed by atoms with Crippen molar-refractivity contribution in [1.29, 1.82) is 0 Å². The normalized spacial score (nSPS) is 24.2. The third-order valence-electron chi connectivity index (χ3n) is 5.30. The standard InChI is InChI=1S/C21H23NO5/c1-3-25-21(24)18-12(2)22-14-5-4-6-15(23)20(14)19(18)13-7-8-16-17(11-13)27-10-9-26-16/h7-8,11,18-19H,3-6,9-10H2,1-2H3/t18?,19-/m0/s1. The highest BCUT2D eigenvalue weighted by Gasteiger charge is 2.43. The van der Waals surface area contributed by atoms with E-state index in [4.69, 9.17) is 14.2 Å². The summed E-state index contributed by atoms with van der Waals surface area (Å²) in [4.78, 5) is 30.2. The van der Waals surface area contributed by atoms with Gasteiger partial charge in [-0.05, 0) is 44.4 Å². The van der Waals surface area contributed by atoms with E-state index >= 15 is 0 Å². The molecule has 1 unspecified atom stereocenters. The molecule has 2 heterocycles. The van der Waals surface area contributed by atoms with Crippen molar-refractivity contribution < 1.29 is 23.8 Å². The average Bonchev–Trinajstić information content (AvgIpc) is 2.67. The van der Waals surface area contributed by atoms with Gasteiger partial charge in [0.05, 0.1) is 6.61 Å². The number of hydrogen-bond donors (Lipinski definition) is 0. The Morgan fingerprint density at radius 2 is 2.00 bits per heavy atom. The Labute approximate surface area is 158 Å². The van der Waals surface area contributed by atoms with Crippen LogP contribution in [0.25, 0.3) is 0 Å². The number of hydrogen-bond acceptors (Lipinski definition) is 6. The lowest BCUT2D eigenvalue weighted by Crippen LogP contribution is -2.37. The average molecular weight is 369 g/mol. The van der Waals surface area contributed by atoms with Crippen LogP contribution < -0.4 is 9.47 Å². The zero-order valence-electron chi connectivity index (χ0n) is 15.6. The van der Waals surface area contributed by atoms with Crippen molar-refractivity contribution in [2.75, 3.05) is 19.8 Å². The van der Waals surface area contributed by atoms with Crippen molar-refractivity contribution in [2.45, 2.75) is 39.0 Å². The lowest BCUT2D eigenvalue weighted by atomic mass is 9.71. The summed E-state index contributed by atoms with van der Waals surface area (Å²) in [7, 11) is 0. The number of esters is 1. The van der Waals surface area contributed by atoms with E-state index in [9.17, 15) is 9.59 Å². The Morgan fingerprint density at radius 3 is 2.78 bits per heavy atom. The van der Waals surface area contributed by atoms with Crippen LogP contribution in [0.15, 0.2) is 34.5 Å². The number of ether oxygens (including phenoxy) is 3. The van der Waals surface area contributed by atoms with E-state index in [0.29, 0.717) is 42.4 Å². The molecule has 1 aliphatic carbocycles. The molecule has 0 radical (unpaired) electrons. The molecule has 142 valence electrons. The third kappa shape index (κ3) is 3.13. The van der Waals surface area contributed by atoms with E-state index in [0.717, 1.165) is 24.1 Å². The molecule has 3 aliphatic rings. The SMILES string of the molecule is CCOC(=O)C1C(C)=NC2=C(C(=O)CCC2)[C@H]1c1ccc2c(c1)OCCO2. The van der Waals surface area contributed by atoms with Gasteiger partial charge in [-0.1, -0.05) is 6.07 Å². The monoisotopic (exact) mass is 369 g/mol. The molecule has 0 amide bonds. The first-order chi connectivity index (χ1) is 13.1. The van der Waals surface area contributed by atoms with Crippen LogP contribution in [0.1, 0.15) is 44.6 Å². The number of fused-ring (bicyclic) bond motifs is 1. The van der Waals surface area contributed by atoms with Crippen LogP contribution in [0.3, 0.4) is 0 Å². The smallest absolute Gasteiger partial charge is 0.315 e. The minimum Gasteiger partial charge on any atom is -0.486 e. The minimum absolute atomic E-state index is 0.0710. The predicted molar refractivity (Wildman–Crippen MR) is 99.3 cm³/mol. The van der Waals surface area contributed by atoms with Gasteiger partial charge in [-0.3, -0.25) is 14.6 Å². The number of aliphatic imine (C=N–C) groups is 1. The van der Waals surface area contributed by atoms with Crippen molar-refractivity contribution in [3.63, 3.8) is 0 Å². The van der Waals surface area contributed by atoms with E-state index in [2.05, 4.69) is 4.99 Å². The molecule has 4 rings (SSSR count). The lowest BCUT2D eigenvalue weighted by Gasteiger charge is -2.34. The molecule has 2 atom stereocenters. The second-order valence-corrected chi connectivity index (χ2v) is 7.00. The van der Waals surface area contributed by atoms with Gasteiger partial charge in [-0.15, -0.1) is 0 Å². The fourth-order valence-corrected chi connectivity index (χ4v) is 4.16. The van der Waals surface area contributed by atoms with Gasteiger partial charge in [0.2, 0.25) is 0 Å². The lowest BCUT2D eigenvalue weighted by molar-refractivity contribution is -0.146. The summed E-state index contributed by atoms with van der Waals surface area (Å²) in [5, 5.41) is 0. The van der Waals surface area contributed by atoms with E-state index < -0.39 is 11.8 Å². The Hall–Kier alpha value is -2.63. The largest absolute Gasteiger partial charge is 0.486 e. The molecule has 0 fully saturated rings. The van der Waals surface area contributed by atoms with E-state index in [1.54, 1.807) is 6.92 Å². The maximum Gasteiger partial charge on any atom is 0.315 e. The van der Waals surface area contributed by atoms with Gasteiger partial charge in [0, 0.05) is 29.3 Å². The number of allylic oxidation sites excluding steroid dienone is 2. The fourth-order valence-electron chi connectivity index (χ4n) is 4.16. The van der Waals surface area contributed by atoms with E-state index in [1.165, 1.54) is 0 Å². The number of benzene rings is 1. The fraction of sp³-hybridized carbons (Fsp3) is 0.476. The first-order valence-corrected chi connectivity index (χ1v) is 9.47. The van der Waals surface area contributed by atoms with E-state index in [1.807, 2.05) is 25.1 Å². The maximum absolute atomic E-state index is 12.8. The second-order valence-electron chi connectivity index (χ2n) is 7.00. The molecular formula is C21H23NO5. The number of rotatable bonds is 3. The maximum atomic E-state index is 12.8. The molecule has 0 N–H and O–H groups in total. The Kier molecular flexibility index (Phi) is 4.72. The quantitative estimate of drug-likeness (QED) is 0.765. The summed E-state index contributed by atoms with van der Waals surface area (Å²) >= 11 is 0. The van der Waals surface area contributed by atoms with Gasteiger partial charge >= 0.3 is 5.97 Å². The number of ketones is 1. The van der Waals surface area contributed by atoms with E-state index in [-0.39, 0.29) is 18.4 Å². The van der Waals surface area contributed by atoms with Crippen molar-refractivity contribution in [1.82, 2.24) is 0 Å². The number of carbonyl (C=O) groups excluding carboxylic acids is 2. The van der Waals surface area contributed by atoms with Crippen LogP contribution in [0.2, 0.25) is 0 Å². The zero-order valence-corrected chi connectivity index (χ0v) is 15.6. The Morgan fingerprint density at radius 1 is 1.22 bits per heavy atom. The number of nitrogens with zero attached hydrogens (tertiary/aromatic N) is 1. The summed E-state index contributed by atoms with van der Waals surface area (Å²) < 4.78 is 16.6. The highest BCUT2D eigenvalue weighted by molar-refractivity contribution is 6.08. The van der Waals surface area contributed by atoms with Crippen molar-refractivity contribution in [3.8, 4) is 11.5 Å². The van der Waals surface area contributed by atoms with Gasteiger partial charge in [0.15, 0.2) is 17.3 Å².